The average molecular weight is 480 g/mol. The predicted octanol–water partition coefficient (Wildman–Crippen LogP) is 3.23. The average Bonchev–Trinajstić information content (AvgIpc) is 3.53. The molecule has 1 spiro atoms. The molecule has 0 N–H and O–H groups in total. The monoisotopic (exact) mass is 479 g/mol. The van der Waals surface area contributed by atoms with Crippen molar-refractivity contribution in [3.63, 3.8) is 0 Å². The molecule has 0 aliphatic carbocycles. The summed E-state index contributed by atoms with van der Waals surface area (Å²) in [5.41, 5.74) is 1.04. The van der Waals surface area contributed by atoms with Crippen LogP contribution in [0.25, 0.3) is 0 Å². The highest BCUT2D eigenvalue weighted by molar-refractivity contribution is 5.98. The number of benzene rings is 2. The van der Waals surface area contributed by atoms with Crippen molar-refractivity contribution in [1.82, 2.24) is 14.7 Å². The number of carbonyl (C=O) groups excluding carboxylic acids is 3. The molecule has 0 bridgehead atoms. The lowest BCUT2D eigenvalue weighted by Gasteiger charge is -2.44. The lowest BCUT2D eigenvalue weighted by Crippen LogP contribution is -2.60. The van der Waals surface area contributed by atoms with Crippen molar-refractivity contribution in [2.75, 3.05) is 32.8 Å². The van der Waals surface area contributed by atoms with E-state index in [1.54, 1.807) is 21.9 Å². The molecule has 3 saturated heterocycles. The highest BCUT2D eigenvalue weighted by Gasteiger charge is 2.55. The van der Waals surface area contributed by atoms with E-state index in [0.717, 1.165) is 18.4 Å². The Morgan fingerprint density at radius 1 is 0.829 bits per heavy atom. The van der Waals surface area contributed by atoms with Gasteiger partial charge in [-0.3, -0.25) is 19.3 Å². The van der Waals surface area contributed by atoms with E-state index >= 15 is 0 Å². The summed E-state index contributed by atoms with van der Waals surface area (Å²) in [6.45, 7) is 4.27. The topological polar surface area (TPSA) is 70.2 Å². The van der Waals surface area contributed by atoms with Crippen LogP contribution in [0.2, 0.25) is 0 Å². The molecule has 3 heterocycles. The maximum Gasteiger partial charge on any atom is 0.256 e. The molecule has 8 heteroatoms. The molecule has 2 aromatic rings. The summed E-state index contributed by atoms with van der Waals surface area (Å²) in [6.07, 6.45) is 2.75. The van der Waals surface area contributed by atoms with Gasteiger partial charge in [0.2, 0.25) is 5.91 Å². The van der Waals surface area contributed by atoms with Crippen LogP contribution in [0.3, 0.4) is 0 Å². The highest BCUT2D eigenvalue weighted by atomic mass is 19.1. The quantitative estimate of drug-likeness (QED) is 0.678. The molecule has 1 atom stereocenters. The fourth-order valence-corrected chi connectivity index (χ4v) is 5.37. The van der Waals surface area contributed by atoms with Crippen molar-refractivity contribution < 1.29 is 23.5 Å². The third kappa shape index (κ3) is 4.43. The Bertz CT molecular complexity index is 1100. The van der Waals surface area contributed by atoms with Gasteiger partial charge in [-0.05, 0) is 56.2 Å². The van der Waals surface area contributed by atoms with Crippen LogP contribution in [0, 0.1) is 12.7 Å². The minimum absolute atomic E-state index is 0.0651. The van der Waals surface area contributed by atoms with Gasteiger partial charge in [-0.25, -0.2) is 4.39 Å². The van der Waals surface area contributed by atoms with E-state index in [9.17, 15) is 18.8 Å². The standard InChI is InChI=1S/C27H30FN3O4/c1-19-4-6-21(7-5-19)25(33)31-23(26(34)29-14-2-3-15-29)18-35-27(31)12-16-30(17-13-27)24(32)20-8-10-22(28)11-9-20/h4-11,23H,2-3,12-18H2,1H3. The predicted molar refractivity (Wildman–Crippen MR) is 127 cm³/mol. The second kappa shape index (κ2) is 9.41. The molecule has 3 amide bonds. The largest absolute Gasteiger partial charge is 0.353 e. The van der Waals surface area contributed by atoms with Gasteiger partial charge < -0.3 is 14.5 Å². The molecule has 35 heavy (non-hydrogen) atoms. The second-order valence-corrected chi connectivity index (χ2v) is 9.65. The Morgan fingerprint density at radius 2 is 1.40 bits per heavy atom. The number of amides is 3. The summed E-state index contributed by atoms with van der Waals surface area (Å²) < 4.78 is 19.6. The molecule has 7 nitrogen and oxygen atoms in total. The van der Waals surface area contributed by atoms with Gasteiger partial charge in [0.25, 0.3) is 11.8 Å². The maximum absolute atomic E-state index is 13.8. The van der Waals surface area contributed by atoms with Crippen LogP contribution in [0.15, 0.2) is 48.5 Å². The number of piperidine rings is 1. The highest BCUT2D eigenvalue weighted by Crippen LogP contribution is 2.39. The second-order valence-electron chi connectivity index (χ2n) is 9.65. The van der Waals surface area contributed by atoms with Crippen molar-refractivity contribution in [3.05, 3.63) is 71.0 Å². The van der Waals surface area contributed by atoms with Crippen molar-refractivity contribution in [1.29, 1.82) is 0 Å². The number of halogens is 1. The first kappa shape index (κ1) is 23.5. The van der Waals surface area contributed by atoms with Crippen molar-refractivity contribution >= 4 is 17.7 Å². The number of aryl methyl sites for hydroxylation is 1. The Hall–Kier alpha value is -3.26. The van der Waals surface area contributed by atoms with Gasteiger partial charge >= 0.3 is 0 Å². The zero-order chi connectivity index (χ0) is 24.6. The molecule has 3 fully saturated rings. The van der Waals surface area contributed by atoms with E-state index in [1.165, 1.54) is 24.3 Å². The van der Waals surface area contributed by atoms with Gasteiger partial charge in [0.15, 0.2) is 0 Å². The van der Waals surface area contributed by atoms with Crippen LogP contribution in [0.4, 0.5) is 4.39 Å². The Labute approximate surface area is 204 Å². The first-order valence-electron chi connectivity index (χ1n) is 12.3. The zero-order valence-electron chi connectivity index (χ0n) is 19.9. The third-order valence-electron chi connectivity index (χ3n) is 7.40. The van der Waals surface area contributed by atoms with Gasteiger partial charge in [0, 0.05) is 50.1 Å². The molecule has 184 valence electrons. The molecular formula is C27H30FN3O4. The van der Waals surface area contributed by atoms with E-state index in [-0.39, 0.29) is 24.3 Å². The fourth-order valence-electron chi connectivity index (χ4n) is 5.37. The number of carbonyl (C=O) groups is 3. The molecule has 0 saturated carbocycles. The first-order valence-corrected chi connectivity index (χ1v) is 12.3. The van der Waals surface area contributed by atoms with Crippen molar-refractivity contribution in [2.24, 2.45) is 0 Å². The van der Waals surface area contributed by atoms with Crippen molar-refractivity contribution in [3.8, 4) is 0 Å². The van der Waals surface area contributed by atoms with Gasteiger partial charge in [-0.2, -0.15) is 0 Å². The summed E-state index contributed by atoms with van der Waals surface area (Å²) in [6, 6.07) is 12.2. The molecule has 3 aliphatic rings. The number of nitrogens with zero attached hydrogens (tertiary/aromatic N) is 3. The van der Waals surface area contributed by atoms with Crippen LogP contribution < -0.4 is 0 Å². The van der Waals surface area contributed by atoms with Gasteiger partial charge in [0.05, 0.1) is 6.61 Å². The lowest BCUT2D eigenvalue weighted by molar-refractivity contribution is -0.136. The number of likely N-dealkylation sites (tertiary alicyclic amines) is 2. The van der Waals surface area contributed by atoms with Crippen LogP contribution >= 0.6 is 0 Å². The SMILES string of the molecule is Cc1ccc(C(=O)N2C(C(=O)N3CCCC3)COC23CCN(C(=O)c2ccc(F)cc2)CC3)cc1. The normalized spacial score (nSPS) is 21.5. The van der Waals surface area contributed by atoms with Crippen LogP contribution in [-0.4, -0.2) is 77.0 Å². The lowest BCUT2D eigenvalue weighted by atomic mass is 9.96. The van der Waals surface area contributed by atoms with E-state index in [2.05, 4.69) is 0 Å². The smallest absolute Gasteiger partial charge is 0.256 e. The van der Waals surface area contributed by atoms with E-state index in [1.807, 2.05) is 24.0 Å². The number of hydrogen-bond donors (Lipinski definition) is 0. The van der Waals surface area contributed by atoms with E-state index in [0.29, 0.717) is 50.1 Å². The van der Waals surface area contributed by atoms with Crippen LogP contribution in [0.5, 0.6) is 0 Å². The van der Waals surface area contributed by atoms with E-state index in [4.69, 9.17) is 4.74 Å². The van der Waals surface area contributed by atoms with Crippen LogP contribution in [-0.2, 0) is 9.53 Å². The maximum atomic E-state index is 13.8. The van der Waals surface area contributed by atoms with Crippen molar-refractivity contribution in [2.45, 2.75) is 44.4 Å². The summed E-state index contributed by atoms with van der Waals surface area (Å²) in [4.78, 5) is 45.3. The van der Waals surface area contributed by atoms with Gasteiger partial charge in [0.1, 0.15) is 17.6 Å². The van der Waals surface area contributed by atoms with Crippen LogP contribution in [0.1, 0.15) is 52.0 Å². The minimum Gasteiger partial charge on any atom is -0.353 e. The zero-order valence-corrected chi connectivity index (χ0v) is 19.9. The summed E-state index contributed by atoms with van der Waals surface area (Å²) in [5.74, 6) is -0.862. The number of ether oxygens (including phenoxy) is 1. The molecular weight excluding hydrogens is 449 g/mol. The summed E-state index contributed by atoms with van der Waals surface area (Å²) >= 11 is 0. The minimum atomic E-state index is -0.943. The number of rotatable bonds is 3. The first-order chi connectivity index (χ1) is 16.9. The summed E-state index contributed by atoms with van der Waals surface area (Å²) in [7, 11) is 0. The molecule has 1 unspecified atom stereocenters. The Kier molecular flexibility index (Phi) is 6.32. The Morgan fingerprint density at radius 3 is 2.03 bits per heavy atom. The molecule has 2 aromatic carbocycles. The summed E-state index contributed by atoms with van der Waals surface area (Å²) in [5, 5.41) is 0. The molecule has 5 rings (SSSR count). The van der Waals surface area contributed by atoms with Gasteiger partial charge in [-0.1, -0.05) is 17.7 Å². The molecule has 0 radical (unpaired) electrons. The van der Waals surface area contributed by atoms with Gasteiger partial charge in [-0.15, -0.1) is 0 Å². The third-order valence-corrected chi connectivity index (χ3v) is 7.40. The molecule has 3 aliphatic heterocycles. The number of hydrogen-bond acceptors (Lipinski definition) is 4. The Balaban J connectivity index is 1.39. The molecule has 0 aromatic heterocycles. The van der Waals surface area contributed by atoms with E-state index < -0.39 is 17.6 Å². The fraction of sp³-hybridized carbons (Fsp3) is 0.444.